The van der Waals surface area contributed by atoms with Crippen LogP contribution in [-0.2, 0) is 12.8 Å². The van der Waals surface area contributed by atoms with Crippen molar-refractivity contribution in [3.05, 3.63) is 71.4 Å². The molecule has 1 aliphatic rings. The minimum atomic E-state index is -0.0188. The highest BCUT2D eigenvalue weighted by molar-refractivity contribution is 6.06. The number of hydrogen-bond acceptors (Lipinski definition) is 2. The van der Waals surface area contributed by atoms with E-state index in [4.69, 9.17) is 0 Å². The van der Waals surface area contributed by atoms with E-state index in [1.165, 1.54) is 17.7 Å². The van der Waals surface area contributed by atoms with Gasteiger partial charge in [-0.1, -0.05) is 32.0 Å². The van der Waals surface area contributed by atoms with E-state index in [1.54, 1.807) is 4.90 Å². The van der Waals surface area contributed by atoms with Crippen LogP contribution in [0.25, 0.3) is 22.3 Å². The second kappa shape index (κ2) is 6.87. The molecule has 5 heteroatoms. The van der Waals surface area contributed by atoms with E-state index in [-0.39, 0.29) is 5.91 Å². The normalized spacial score (nSPS) is 15.2. The van der Waals surface area contributed by atoms with Crippen molar-refractivity contribution in [3.8, 4) is 11.4 Å². The maximum absolute atomic E-state index is 12.8. The Bertz CT molecular complexity index is 1230. The van der Waals surface area contributed by atoms with Gasteiger partial charge in [0, 0.05) is 40.5 Å². The molecule has 0 aliphatic heterocycles. The monoisotopic (exact) mass is 398 g/mol. The molecular formula is C25H26N4O. The van der Waals surface area contributed by atoms with Crippen LogP contribution in [-0.4, -0.2) is 28.1 Å². The van der Waals surface area contributed by atoms with Gasteiger partial charge in [-0.25, -0.2) is 0 Å². The fourth-order valence-corrected chi connectivity index (χ4v) is 4.42. The molecule has 30 heavy (non-hydrogen) atoms. The Kier molecular flexibility index (Phi) is 4.28. The molecule has 0 atom stereocenters. The van der Waals surface area contributed by atoms with Crippen molar-refractivity contribution < 1.29 is 4.79 Å². The first-order valence-electron chi connectivity index (χ1n) is 10.4. The summed E-state index contributed by atoms with van der Waals surface area (Å²) in [6.45, 7) is 4.63. The van der Waals surface area contributed by atoms with Gasteiger partial charge in [0.2, 0.25) is 0 Å². The standard InChI is InChI=1S/C25H26N4O/c1-25(2)12-11-19-22(15-25)27-28-23(19)21-14-17-13-18(9-10-20(17)26-21)29(3)24(30)16-7-5-4-6-8-16/h4-10,13-14,26H,11-12,15H2,1-3H3,(H,27,28). The van der Waals surface area contributed by atoms with E-state index in [9.17, 15) is 4.79 Å². The summed E-state index contributed by atoms with van der Waals surface area (Å²) in [7, 11) is 1.82. The van der Waals surface area contributed by atoms with Crippen molar-refractivity contribution in [2.75, 3.05) is 11.9 Å². The molecule has 5 nitrogen and oxygen atoms in total. The van der Waals surface area contributed by atoms with E-state index in [2.05, 4.69) is 41.2 Å². The number of aromatic amines is 2. The van der Waals surface area contributed by atoms with Gasteiger partial charge in [0.25, 0.3) is 5.91 Å². The number of carbonyl (C=O) groups is 1. The van der Waals surface area contributed by atoms with Gasteiger partial charge < -0.3 is 9.88 Å². The minimum absolute atomic E-state index is 0.0188. The highest BCUT2D eigenvalue weighted by Crippen LogP contribution is 2.38. The molecule has 2 aromatic heterocycles. The first-order chi connectivity index (χ1) is 14.4. The second-order valence-electron chi connectivity index (χ2n) is 9.06. The number of nitrogens with one attached hydrogen (secondary N) is 2. The lowest BCUT2D eigenvalue weighted by Gasteiger charge is -2.28. The summed E-state index contributed by atoms with van der Waals surface area (Å²) in [5.74, 6) is -0.0188. The van der Waals surface area contributed by atoms with Gasteiger partial charge >= 0.3 is 0 Å². The number of amides is 1. The van der Waals surface area contributed by atoms with E-state index in [0.29, 0.717) is 11.0 Å². The predicted octanol–water partition coefficient (Wildman–Crippen LogP) is 5.35. The number of carbonyl (C=O) groups excluding carboxylic acids is 1. The Morgan fingerprint density at radius 3 is 2.70 bits per heavy atom. The maximum Gasteiger partial charge on any atom is 0.258 e. The van der Waals surface area contributed by atoms with Gasteiger partial charge in [0.05, 0.1) is 5.69 Å². The van der Waals surface area contributed by atoms with Crippen molar-refractivity contribution in [2.45, 2.75) is 33.1 Å². The number of nitrogens with zero attached hydrogens (tertiary/aromatic N) is 2. The molecule has 152 valence electrons. The van der Waals surface area contributed by atoms with Gasteiger partial charge in [-0.3, -0.25) is 9.89 Å². The summed E-state index contributed by atoms with van der Waals surface area (Å²) in [5.41, 5.74) is 7.55. The molecule has 0 radical (unpaired) electrons. The van der Waals surface area contributed by atoms with Crippen molar-refractivity contribution in [2.24, 2.45) is 5.41 Å². The molecule has 1 amide bonds. The molecule has 0 spiro atoms. The molecule has 4 aromatic rings. The minimum Gasteiger partial charge on any atom is -0.353 e. The van der Waals surface area contributed by atoms with Crippen molar-refractivity contribution in [1.82, 2.24) is 15.2 Å². The molecule has 0 unspecified atom stereocenters. The molecule has 0 fully saturated rings. The van der Waals surface area contributed by atoms with E-state index < -0.39 is 0 Å². The third-order valence-electron chi connectivity index (χ3n) is 6.23. The van der Waals surface area contributed by atoms with E-state index >= 15 is 0 Å². The molecule has 2 aromatic carbocycles. The van der Waals surface area contributed by atoms with Crippen molar-refractivity contribution in [3.63, 3.8) is 0 Å². The topological polar surface area (TPSA) is 64.8 Å². The fraction of sp³-hybridized carbons (Fsp3) is 0.280. The average Bonchev–Trinajstić information content (AvgIpc) is 3.35. The fourth-order valence-electron chi connectivity index (χ4n) is 4.42. The van der Waals surface area contributed by atoms with Crippen molar-refractivity contribution >= 4 is 22.5 Å². The van der Waals surface area contributed by atoms with Crippen molar-refractivity contribution in [1.29, 1.82) is 0 Å². The number of hydrogen-bond donors (Lipinski definition) is 2. The molecule has 5 rings (SSSR count). The number of benzene rings is 2. The molecule has 2 heterocycles. The van der Waals surface area contributed by atoms with Crippen LogP contribution in [0.4, 0.5) is 5.69 Å². The van der Waals surface area contributed by atoms with Gasteiger partial charge in [0.15, 0.2) is 0 Å². The smallest absolute Gasteiger partial charge is 0.258 e. The number of anilines is 1. The van der Waals surface area contributed by atoms with Crippen LogP contribution in [0, 0.1) is 5.41 Å². The Morgan fingerprint density at radius 1 is 1.10 bits per heavy atom. The molecule has 0 saturated carbocycles. The first kappa shape index (κ1) is 18.7. The Labute approximate surface area is 176 Å². The van der Waals surface area contributed by atoms with Crippen LogP contribution in [0.5, 0.6) is 0 Å². The van der Waals surface area contributed by atoms with E-state index in [1.807, 2.05) is 49.5 Å². The summed E-state index contributed by atoms with van der Waals surface area (Å²) in [6.07, 6.45) is 3.25. The largest absolute Gasteiger partial charge is 0.353 e. The molecule has 0 saturated heterocycles. The summed E-state index contributed by atoms with van der Waals surface area (Å²) in [5, 5.41) is 8.97. The number of fused-ring (bicyclic) bond motifs is 2. The van der Waals surface area contributed by atoms with Gasteiger partial charge in [0.1, 0.15) is 5.69 Å². The molecule has 1 aliphatic carbocycles. The number of aromatic nitrogens is 3. The number of H-pyrrole nitrogens is 2. The zero-order valence-corrected chi connectivity index (χ0v) is 17.6. The number of rotatable bonds is 3. The van der Waals surface area contributed by atoms with Gasteiger partial charge in [-0.2, -0.15) is 5.10 Å². The van der Waals surface area contributed by atoms with Crippen LogP contribution in [0.15, 0.2) is 54.6 Å². The lowest BCUT2D eigenvalue weighted by atomic mass is 9.76. The van der Waals surface area contributed by atoms with Crippen LogP contribution < -0.4 is 4.90 Å². The predicted molar refractivity (Wildman–Crippen MR) is 121 cm³/mol. The SMILES string of the molecule is CN(C(=O)c1ccccc1)c1ccc2[nH]c(-c3n[nH]c4c3CCC(C)(C)C4)cc2c1. The summed E-state index contributed by atoms with van der Waals surface area (Å²) in [6, 6.07) is 17.6. The zero-order chi connectivity index (χ0) is 20.9. The second-order valence-corrected chi connectivity index (χ2v) is 9.06. The van der Waals surface area contributed by atoms with Gasteiger partial charge in [-0.05, 0) is 61.1 Å². The van der Waals surface area contributed by atoms with Crippen LogP contribution in [0.1, 0.15) is 41.9 Å². The molecular weight excluding hydrogens is 372 g/mol. The Balaban J connectivity index is 1.47. The first-order valence-corrected chi connectivity index (χ1v) is 10.4. The zero-order valence-electron chi connectivity index (χ0n) is 17.6. The summed E-state index contributed by atoms with van der Waals surface area (Å²) in [4.78, 5) is 18.0. The lowest BCUT2D eigenvalue weighted by Crippen LogP contribution is -2.25. The highest BCUT2D eigenvalue weighted by atomic mass is 16.2. The Hall–Kier alpha value is -3.34. The Morgan fingerprint density at radius 2 is 1.90 bits per heavy atom. The summed E-state index contributed by atoms with van der Waals surface area (Å²) < 4.78 is 0. The molecule has 2 N–H and O–H groups in total. The third kappa shape index (κ3) is 3.20. The maximum atomic E-state index is 12.8. The summed E-state index contributed by atoms with van der Waals surface area (Å²) >= 11 is 0. The van der Waals surface area contributed by atoms with Crippen LogP contribution in [0.3, 0.4) is 0 Å². The highest BCUT2D eigenvalue weighted by Gasteiger charge is 2.29. The third-order valence-corrected chi connectivity index (χ3v) is 6.23. The van der Waals surface area contributed by atoms with Crippen LogP contribution in [0.2, 0.25) is 0 Å². The lowest BCUT2D eigenvalue weighted by molar-refractivity contribution is 0.0993. The van der Waals surface area contributed by atoms with E-state index in [0.717, 1.165) is 40.8 Å². The average molecular weight is 399 g/mol. The van der Waals surface area contributed by atoms with Gasteiger partial charge in [-0.15, -0.1) is 0 Å². The molecule has 0 bridgehead atoms. The quantitative estimate of drug-likeness (QED) is 0.489. The van der Waals surface area contributed by atoms with Crippen LogP contribution >= 0.6 is 0 Å².